The second-order valence-electron chi connectivity index (χ2n) is 5.69. The largest absolute Gasteiger partial charge is 0.437 e. The number of rotatable bonds is 8. The van der Waals surface area contributed by atoms with E-state index in [-0.39, 0.29) is 18.2 Å². The highest BCUT2D eigenvalue weighted by molar-refractivity contribution is 7.08. The molecule has 0 aliphatic heterocycles. The molecule has 0 aliphatic rings. The van der Waals surface area contributed by atoms with E-state index in [0.717, 1.165) is 0 Å². The molecule has 2 aromatic heterocycles. The Labute approximate surface area is 161 Å². The van der Waals surface area contributed by atoms with E-state index in [4.69, 9.17) is 4.74 Å². The number of para-hydroxylation sites is 1. The van der Waals surface area contributed by atoms with Crippen LogP contribution < -0.4 is 15.4 Å². The summed E-state index contributed by atoms with van der Waals surface area (Å²) in [6, 6.07) is 14.5. The molecule has 0 saturated carbocycles. The molecule has 1 aromatic carbocycles. The summed E-state index contributed by atoms with van der Waals surface area (Å²) in [4.78, 5) is 28.2. The number of anilines is 1. The molecule has 0 fully saturated rings. The van der Waals surface area contributed by atoms with Crippen molar-refractivity contribution in [3.05, 3.63) is 71.1 Å². The SMILES string of the molecule is O=C(CCCNC(=O)c1ccsc1)Nc1cccnc1Oc1ccccc1. The lowest BCUT2D eigenvalue weighted by Gasteiger charge is -2.11. The normalized spacial score (nSPS) is 10.2. The van der Waals surface area contributed by atoms with Crippen LogP contribution in [0.5, 0.6) is 11.6 Å². The van der Waals surface area contributed by atoms with E-state index in [9.17, 15) is 9.59 Å². The van der Waals surface area contributed by atoms with Crippen molar-refractivity contribution in [3.8, 4) is 11.6 Å². The van der Waals surface area contributed by atoms with Crippen molar-refractivity contribution < 1.29 is 14.3 Å². The number of pyridine rings is 1. The number of benzene rings is 1. The molecular weight excluding hydrogens is 362 g/mol. The minimum atomic E-state index is -0.161. The maximum atomic E-state index is 12.2. The van der Waals surface area contributed by atoms with Gasteiger partial charge in [-0.2, -0.15) is 11.3 Å². The molecule has 138 valence electrons. The molecule has 0 spiro atoms. The number of amides is 2. The summed E-state index contributed by atoms with van der Waals surface area (Å²) in [5, 5.41) is 9.25. The fraction of sp³-hybridized carbons (Fsp3) is 0.150. The molecule has 2 heterocycles. The van der Waals surface area contributed by atoms with Gasteiger partial charge in [-0.05, 0) is 42.1 Å². The highest BCUT2D eigenvalue weighted by Crippen LogP contribution is 2.26. The van der Waals surface area contributed by atoms with Crippen LogP contribution in [0.2, 0.25) is 0 Å². The van der Waals surface area contributed by atoms with Crippen LogP contribution in [0.3, 0.4) is 0 Å². The molecule has 2 N–H and O–H groups in total. The first kappa shape index (κ1) is 18.6. The predicted molar refractivity (Wildman–Crippen MR) is 105 cm³/mol. The van der Waals surface area contributed by atoms with Gasteiger partial charge in [-0.25, -0.2) is 4.98 Å². The topological polar surface area (TPSA) is 80.3 Å². The van der Waals surface area contributed by atoms with Crippen LogP contribution in [0.4, 0.5) is 5.69 Å². The van der Waals surface area contributed by atoms with Gasteiger partial charge >= 0.3 is 0 Å². The first-order chi connectivity index (χ1) is 13.2. The molecule has 7 heteroatoms. The van der Waals surface area contributed by atoms with Crippen molar-refractivity contribution in [2.24, 2.45) is 0 Å². The zero-order valence-corrected chi connectivity index (χ0v) is 15.4. The first-order valence-corrected chi connectivity index (χ1v) is 9.45. The third-order valence-electron chi connectivity index (χ3n) is 3.65. The summed E-state index contributed by atoms with van der Waals surface area (Å²) >= 11 is 1.47. The summed E-state index contributed by atoms with van der Waals surface area (Å²) in [6.07, 6.45) is 2.42. The van der Waals surface area contributed by atoms with Crippen LogP contribution in [-0.2, 0) is 4.79 Å². The molecule has 2 amide bonds. The fourth-order valence-electron chi connectivity index (χ4n) is 2.33. The number of nitrogens with one attached hydrogen (secondary N) is 2. The average Bonchev–Trinajstić information content (AvgIpc) is 3.22. The molecule has 3 rings (SSSR count). The number of thiophene rings is 1. The highest BCUT2D eigenvalue weighted by atomic mass is 32.1. The monoisotopic (exact) mass is 381 g/mol. The van der Waals surface area contributed by atoms with Gasteiger partial charge in [-0.3, -0.25) is 9.59 Å². The standard InChI is InChI=1S/C20H19N3O3S/c24-18(9-5-11-21-19(25)15-10-13-27-14-15)23-17-8-4-12-22-20(17)26-16-6-2-1-3-7-16/h1-4,6-8,10,12-14H,5,9,11H2,(H,21,25)(H,23,24). The molecule has 0 saturated heterocycles. The van der Waals surface area contributed by atoms with Crippen molar-refractivity contribution in [3.63, 3.8) is 0 Å². The Kier molecular flexibility index (Phi) is 6.54. The average molecular weight is 381 g/mol. The van der Waals surface area contributed by atoms with E-state index in [2.05, 4.69) is 15.6 Å². The van der Waals surface area contributed by atoms with Crippen LogP contribution in [0.15, 0.2) is 65.5 Å². The Hall–Kier alpha value is -3.19. The molecule has 0 radical (unpaired) electrons. The van der Waals surface area contributed by atoms with Crippen molar-refractivity contribution in [2.45, 2.75) is 12.8 Å². The second kappa shape index (κ2) is 9.49. The van der Waals surface area contributed by atoms with E-state index in [1.165, 1.54) is 11.3 Å². The van der Waals surface area contributed by atoms with Gasteiger partial charge in [0.05, 0.1) is 0 Å². The van der Waals surface area contributed by atoms with E-state index in [0.29, 0.717) is 35.8 Å². The minimum absolute atomic E-state index is 0.123. The Balaban J connectivity index is 1.47. The van der Waals surface area contributed by atoms with Gasteiger partial charge in [0, 0.05) is 30.1 Å². The Morgan fingerprint density at radius 1 is 1.07 bits per heavy atom. The number of ether oxygens (including phenoxy) is 1. The maximum absolute atomic E-state index is 12.2. The Morgan fingerprint density at radius 3 is 2.70 bits per heavy atom. The molecule has 27 heavy (non-hydrogen) atoms. The fourth-order valence-corrected chi connectivity index (χ4v) is 2.96. The van der Waals surface area contributed by atoms with Gasteiger partial charge in [-0.15, -0.1) is 0 Å². The van der Waals surface area contributed by atoms with E-state index >= 15 is 0 Å². The molecule has 0 aliphatic carbocycles. The highest BCUT2D eigenvalue weighted by Gasteiger charge is 2.10. The van der Waals surface area contributed by atoms with Gasteiger partial charge in [0.15, 0.2) is 0 Å². The summed E-state index contributed by atoms with van der Waals surface area (Å²) < 4.78 is 5.73. The summed E-state index contributed by atoms with van der Waals surface area (Å²) in [7, 11) is 0. The predicted octanol–water partition coefficient (Wildman–Crippen LogP) is 4.08. The number of nitrogens with zero attached hydrogens (tertiary/aromatic N) is 1. The summed E-state index contributed by atoms with van der Waals surface area (Å²) in [6.45, 7) is 0.433. The molecule has 0 atom stereocenters. The van der Waals surface area contributed by atoms with Crippen LogP contribution in [0, 0.1) is 0 Å². The van der Waals surface area contributed by atoms with Gasteiger partial charge in [-0.1, -0.05) is 18.2 Å². The second-order valence-corrected chi connectivity index (χ2v) is 6.47. The smallest absolute Gasteiger partial charge is 0.252 e. The Bertz CT molecular complexity index is 883. The van der Waals surface area contributed by atoms with Gasteiger partial charge in [0.2, 0.25) is 11.8 Å². The molecule has 0 unspecified atom stereocenters. The third-order valence-corrected chi connectivity index (χ3v) is 4.34. The van der Waals surface area contributed by atoms with Crippen LogP contribution in [0.25, 0.3) is 0 Å². The van der Waals surface area contributed by atoms with E-state index in [1.54, 1.807) is 29.8 Å². The molecular formula is C20H19N3O3S. The van der Waals surface area contributed by atoms with Gasteiger partial charge in [0.1, 0.15) is 11.4 Å². The van der Waals surface area contributed by atoms with Crippen molar-refractivity contribution >= 4 is 28.8 Å². The zero-order chi connectivity index (χ0) is 18.9. The van der Waals surface area contributed by atoms with E-state index < -0.39 is 0 Å². The van der Waals surface area contributed by atoms with Crippen molar-refractivity contribution in [2.75, 3.05) is 11.9 Å². The zero-order valence-electron chi connectivity index (χ0n) is 14.6. The minimum Gasteiger partial charge on any atom is -0.437 e. The summed E-state index contributed by atoms with van der Waals surface area (Å²) in [5.41, 5.74) is 1.15. The molecule has 6 nitrogen and oxygen atoms in total. The first-order valence-electron chi connectivity index (χ1n) is 8.50. The lowest BCUT2D eigenvalue weighted by molar-refractivity contribution is -0.116. The number of carbonyl (C=O) groups excluding carboxylic acids is 2. The molecule has 0 bridgehead atoms. The van der Waals surface area contributed by atoms with Gasteiger partial charge < -0.3 is 15.4 Å². The van der Waals surface area contributed by atoms with Crippen LogP contribution >= 0.6 is 11.3 Å². The third kappa shape index (κ3) is 5.65. The number of hydrogen-bond acceptors (Lipinski definition) is 5. The van der Waals surface area contributed by atoms with Crippen LogP contribution in [0.1, 0.15) is 23.2 Å². The van der Waals surface area contributed by atoms with Crippen molar-refractivity contribution in [1.82, 2.24) is 10.3 Å². The number of carbonyl (C=O) groups is 2. The van der Waals surface area contributed by atoms with Gasteiger partial charge in [0.25, 0.3) is 5.91 Å². The lowest BCUT2D eigenvalue weighted by Crippen LogP contribution is -2.25. The lowest BCUT2D eigenvalue weighted by atomic mass is 10.2. The summed E-state index contributed by atoms with van der Waals surface area (Å²) in [5.74, 6) is 0.693. The van der Waals surface area contributed by atoms with Crippen LogP contribution in [-0.4, -0.2) is 23.3 Å². The number of hydrogen-bond donors (Lipinski definition) is 2. The maximum Gasteiger partial charge on any atom is 0.252 e. The molecule has 3 aromatic rings. The van der Waals surface area contributed by atoms with E-state index in [1.807, 2.05) is 35.7 Å². The quantitative estimate of drug-likeness (QED) is 0.576. The number of aromatic nitrogens is 1. The Morgan fingerprint density at radius 2 is 1.93 bits per heavy atom. The van der Waals surface area contributed by atoms with Crippen molar-refractivity contribution in [1.29, 1.82) is 0 Å².